The Kier molecular flexibility index (Phi) is 3.42. The van der Waals surface area contributed by atoms with E-state index < -0.39 is 23.5 Å². The summed E-state index contributed by atoms with van der Waals surface area (Å²) < 4.78 is 14.1. The van der Waals surface area contributed by atoms with Gasteiger partial charge in [-0.1, -0.05) is 15.9 Å². The molecule has 0 unspecified atom stereocenters. The van der Waals surface area contributed by atoms with E-state index in [1.807, 2.05) is 0 Å². The third kappa shape index (κ3) is 2.56. The van der Waals surface area contributed by atoms with Crippen molar-refractivity contribution >= 4 is 33.7 Å². The molecule has 1 aromatic rings. The van der Waals surface area contributed by atoms with E-state index in [2.05, 4.69) is 21.2 Å². The molecule has 0 spiro atoms. The van der Waals surface area contributed by atoms with Crippen LogP contribution >= 0.6 is 15.9 Å². The van der Waals surface area contributed by atoms with Gasteiger partial charge in [0.15, 0.2) is 0 Å². The van der Waals surface area contributed by atoms with Crippen LogP contribution in [-0.2, 0) is 9.59 Å². The molecule has 0 atom stereocenters. The van der Waals surface area contributed by atoms with Gasteiger partial charge in [-0.3, -0.25) is 19.7 Å². The predicted octanol–water partition coefficient (Wildman–Crippen LogP) is 0.687. The van der Waals surface area contributed by atoms with E-state index in [1.165, 1.54) is 12.1 Å². The van der Waals surface area contributed by atoms with Gasteiger partial charge in [-0.15, -0.1) is 0 Å². The molecule has 1 saturated heterocycles. The largest absolute Gasteiger partial charge is 0.320 e. The Hall–Kier alpha value is -1.76. The first-order valence-corrected chi connectivity index (χ1v) is 5.83. The lowest BCUT2D eigenvalue weighted by molar-refractivity contribution is -0.135. The van der Waals surface area contributed by atoms with Gasteiger partial charge < -0.3 is 4.90 Å². The highest BCUT2D eigenvalue weighted by Crippen LogP contribution is 2.17. The fourth-order valence-electron chi connectivity index (χ4n) is 1.61. The van der Waals surface area contributed by atoms with Gasteiger partial charge in [0.05, 0.1) is 5.56 Å². The summed E-state index contributed by atoms with van der Waals surface area (Å²) in [7, 11) is 0. The van der Waals surface area contributed by atoms with Gasteiger partial charge in [-0.25, -0.2) is 4.39 Å². The predicted molar refractivity (Wildman–Crippen MR) is 63.2 cm³/mol. The Bertz CT molecular complexity index is 531. The molecule has 1 fully saturated rings. The number of nitrogens with zero attached hydrogens (tertiary/aromatic N) is 1. The molecule has 7 heteroatoms. The number of nitrogens with one attached hydrogen (secondary N) is 1. The third-order valence-corrected chi connectivity index (χ3v) is 2.89. The Balaban J connectivity index is 2.25. The summed E-state index contributed by atoms with van der Waals surface area (Å²) in [5.41, 5.74) is -0.166. The lowest BCUT2D eigenvalue weighted by Crippen LogP contribution is -2.53. The van der Waals surface area contributed by atoms with Gasteiger partial charge >= 0.3 is 0 Å². The Morgan fingerprint density at radius 2 is 1.89 bits per heavy atom. The fraction of sp³-hybridized carbons (Fsp3) is 0.182. The molecule has 5 nitrogen and oxygen atoms in total. The van der Waals surface area contributed by atoms with E-state index in [4.69, 9.17) is 0 Å². The van der Waals surface area contributed by atoms with E-state index in [-0.39, 0.29) is 18.7 Å². The molecule has 1 heterocycles. The maximum Gasteiger partial charge on any atom is 0.257 e. The van der Waals surface area contributed by atoms with Crippen LogP contribution in [0.15, 0.2) is 22.7 Å². The molecule has 1 aliphatic heterocycles. The summed E-state index contributed by atoms with van der Waals surface area (Å²) in [6.45, 7) is -0.500. The van der Waals surface area contributed by atoms with Gasteiger partial charge in [0, 0.05) is 4.47 Å². The minimum atomic E-state index is -0.701. The van der Waals surface area contributed by atoms with Gasteiger partial charge in [0.25, 0.3) is 5.91 Å². The molecular formula is C11H8BrFN2O3. The summed E-state index contributed by atoms with van der Waals surface area (Å²) in [6.07, 6.45) is 0. The molecule has 0 saturated carbocycles. The van der Waals surface area contributed by atoms with Crippen molar-refractivity contribution in [2.45, 2.75) is 0 Å². The fourth-order valence-corrected chi connectivity index (χ4v) is 1.95. The molecule has 0 radical (unpaired) electrons. The number of rotatable bonds is 1. The highest BCUT2D eigenvalue weighted by molar-refractivity contribution is 9.10. The number of piperazine rings is 1. The SMILES string of the molecule is O=C1CN(C(=O)c2ccc(Br)cc2F)CC(=O)N1. The number of halogens is 2. The number of imide groups is 1. The monoisotopic (exact) mass is 314 g/mol. The number of hydrogen-bond acceptors (Lipinski definition) is 3. The highest BCUT2D eigenvalue weighted by Gasteiger charge is 2.28. The van der Waals surface area contributed by atoms with Crippen molar-refractivity contribution in [2.75, 3.05) is 13.1 Å². The minimum absolute atomic E-state index is 0.166. The highest BCUT2D eigenvalue weighted by atomic mass is 79.9. The van der Waals surface area contributed by atoms with E-state index in [1.54, 1.807) is 0 Å². The van der Waals surface area contributed by atoms with Crippen LogP contribution < -0.4 is 5.32 Å². The second kappa shape index (κ2) is 4.85. The molecule has 1 aromatic carbocycles. The van der Waals surface area contributed by atoms with E-state index in [0.717, 1.165) is 11.0 Å². The number of carbonyl (C=O) groups is 3. The van der Waals surface area contributed by atoms with Crippen molar-refractivity contribution < 1.29 is 18.8 Å². The van der Waals surface area contributed by atoms with Crippen molar-refractivity contribution in [1.29, 1.82) is 0 Å². The molecule has 0 aromatic heterocycles. The molecule has 3 amide bonds. The van der Waals surface area contributed by atoms with E-state index >= 15 is 0 Å². The Morgan fingerprint density at radius 3 is 2.44 bits per heavy atom. The quantitative estimate of drug-likeness (QED) is 0.775. The second-order valence-electron chi connectivity index (χ2n) is 3.76. The average molecular weight is 315 g/mol. The lowest BCUT2D eigenvalue weighted by Gasteiger charge is -2.25. The molecule has 1 N–H and O–H groups in total. The van der Waals surface area contributed by atoms with Gasteiger partial charge in [-0.05, 0) is 18.2 Å². The van der Waals surface area contributed by atoms with Crippen molar-refractivity contribution in [1.82, 2.24) is 10.2 Å². The normalized spacial score (nSPS) is 15.6. The molecule has 18 heavy (non-hydrogen) atoms. The second-order valence-corrected chi connectivity index (χ2v) is 4.67. The Labute approximate surface area is 110 Å². The van der Waals surface area contributed by atoms with Crippen molar-refractivity contribution in [2.24, 2.45) is 0 Å². The molecule has 0 aliphatic carbocycles. The first-order valence-electron chi connectivity index (χ1n) is 5.04. The van der Waals surface area contributed by atoms with Crippen LogP contribution in [0, 0.1) is 5.82 Å². The van der Waals surface area contributed by atoms with Crippen LogP contribution in [0.2, 0.25) is 0 Å². The molecular weight excluding hydrogens is 307 g/mol. The van der Waals surface area contributed by atoms with Gasteiger partial charge in [0.2, 0.25) is 11.8 Å². The first-order chi connectivity index (χ1) is 8.47. The van der Waals surface area contributed by atoms with Crippen molar-refractivity contribution in [3.8, 4) is 0 Å². The maximum atomic E-state index is 13.6. The van der Waals surface area contributed by atoms with Crippen LogP contribution in [0.1, 0.15) is 10.4 Å². The van der Waals surface area contributed by atoms with Crippen LogP contribution in [0.3, 0.4) is 0 Å². The summed E-state index contributed by atoms with van der Waals surface area (Å²) >= 11 is 3.08. The average Bonchev–Trinajstić information content (AvgIpc) is 2.26. The van der Waals surface area contributed by atoms with Gasteiger partial charge in [0.1, 0.15) is 18.9 Å². The van der Waals surface area contributed by atoms with Crippen LogP contribution in [0.5, 0.6) is 0 Å². The smallest absolute Gasteiger partial charge is 0.257 e. The molecule has 0 bridgehead atoms. The van der Waals surface area contributed by atoms with Gasteiger partial charge in [-0.2, -0.15) is 0 Å². The molecule has 94 valence electrons. The maximum absolute atomic E-state index is 13.6. The van der Waals surface area contributed by atoms with E-state index in [9.17, 15) is 18.8 Å². The van der Waals surface area contributed by atoms with Crippen LogP contribution in [0.25, 0.3) is 0 Å². The first kappa shape index (κ1) is 12.7. The lowest BCUT2D eigenvalue weighted by atomic mass is 10.1. The standard InChI is InChI=1S/C11H8BrFN2O3/c12-6-1-2-7(8(13)3-6)11(18)15-4-9(16)14-10(17)5-15/h1-3H,4-5H2,(H,14,16,17). The zero-order chi connectivity index (χ0) is 13.3. The number of carbonyl (C=O) groups excluding carboxylic acids is 3. The van der Waals surface area contributed by atoms with Crippen molar-refractivity contribution in [3.05, 3.63) is 34.1 Å². The number of benzene rings is 1. The molecule has 1 aliphatic rings. The van der Waals surface area contributed by atoms with Crippen LogP contribution in [-0.4, -0.2) is 35.7 Å². The van der Waals surface area contributed by atoms with E-state index in [0.29, 0.717) is 4.47 Å². The summed E-state index contributed by atoms with van der Waals surface area (Å²) in [6, 6.07) is 3.97. The van der Waals surface area contributed by atoms with Crippen molar-refractivity contribution in [3.63, 3.8) is 0 Å². The Morgan fingerprint density at radius 1 is 1.28 bits per heavy atom. The minimum Gasteiger partial charge on any atom is -0.320 e. The molecule has 2 rings (SSSR count). The van der Waals surface area contributed by atoms with Crippen LogP contribution in [0.4, 0.5) is 4.39 Å². The number of amides is 3. The zero-order valence-corrected chi connectivity index (χ0v) is 10.7. The number of hydrogen-bond donors (Lipinski definition) is 1. The topological polar surface area (TPSA) is 66.5 Å². The third-order valence-electron chi connectivity index (χ3n) is 2.40. The summed E-state index contributed by atoms with van der Waals surface area (Å²) in [4.78, 5) is 35.2. The summed E-state index contributed by atoms with van der Waals surface area (Å²) in [5, 5.41) is 2.07. The summed E-state index contributed by atoms with van der Waals surface area (Å²) in [5.74, 6) is -2.52. The zero-order valence-electron chi connectivity index (χ0n) is 9.07.